The van der Waals surface area contributed by atoms with Gasteiger partial charge in [0.25, 0.3) is 0 Å². The summed E-state index contributed by atoms with van der Waals surface area (Å²) in [5.74, 6) is 0.565. The molecule has 0 aliphatic heterocycles. The van der Waals surface area contributed by atoms with E-state index in [0.29, 0.717) is 26.0 Å². The standard InChI is InChI=1S/C11H15N5O2S/c1-2-18-10(17)4-3-8-6-19-11(15-8)12-5-9-13-7-14-16-9/h6-7H,2-5H2,1H3,(H,12,15)(H,13,14,16). The highest BCUT2D eigenvalue weighted by Crippen LogP contribution is 2.17. The second-order valence-corrected chi connectivity index (χ2v) is 4.59. The number of aromatic nitrogens is 4. The quantitative estimate of drug-likeness (QED) is 0.745. The molecule has 2 N–H and O–H groups in total. The number of rotatable bonds is 7. The summed E-state index contributed by atoms with van der Waals surface area (Å²) in [6.07, 6.45) is 2.42. The van der Waals surface area contributed by atoms with Gasteiger partial charge in [-0.1, -0.05) is 0 Å². The van der Waals surface area contributed by atoms with E-state index in [9.17, 15) is 4.79 Å². The first-order valence-electron chi connectivity index (χ1n) is 5.96. The monoisotopic (exact) mass is 281 g/mol. The van der Waals surface area contributed by atoms with Crippen LogP contribution >= 0.6 is 11.3 Å². The minimum Gasteiger partial charge on any atom is -0.466 e. The summed E-state index contributed by atoms with van der Waals surface area (Å²) >= 11 is 1.50. The lowest BCUT2D eigenvalue weighted by molar-refractivity contribution is -0.143. The molecule has 2 heterocycles. The maximum absolute atomic E-state index is 11.2. The van der Waals surface area contributed by atoms with Crippen LogP contribution in [0.1, 0.15) is 24.9 Å². The number of hydrogen-bond acceptors (Lipinski definition) is 7. The van der Waals surface area contributed by atoms with E-state index >= 15 is 0 Å². The number of ether oxygens (including phenoxy) is 1. The van der Waals surface area contributed by atoms with Crippen molar-refractivity contribution in [3.05, 3.63) is 23.2 Å². The van der Waals surface area contributed by atoms with Gasteiger partial charge in [0.2, 0.25) is 0 Å². The van der Waals surface area contributed by atoms with Gasteiger partial charge in [0.15, 0.2) is 5.13 Å². The lowest BCUT2D eigenvalue weighted by atomic mass is 10.2. The highest BCUT2D eigenvalue weighted by atomic mass is 32.1. The van der Waals surface area contributed by atoms with E-state index in [1.165, 1.54) is 17.7 Å². The number of hydrogen-bond donors (Lipinski definition) is 2. The number of thiazole rings is 1. The zero-order valence-corrected chi connectivity index (χ0v) is 11.4. The summed E-state index contributed by atoms with van der Waals surface area (Å²) in [6, 6.07) is 0. The number of nitrogens with zero attached hydrogens (tertiary/aromatic N) is 3. The lowest BCUT2D eigenvalue weighted by Gasteiger charge is -2.00. The molecule has 0 radical (unpaired) electrons. The van der Waals surface area contributed by atoms with Crippen LogP contribution < -0.4 is 5.32 Å². The Hall–Kier alpha value is -1.96. The third-order valence-corrected chi connectivity index (χ3v) is 3.16. The number of carbonyl (C=O) groups excluding carboxylic acids is 1. The van der Waals surface area contributed by atoms with Crippen LogP contribution in [0, 0.1) is 0 Å². The van der Waals surface area contributed by atoms with Gasteiger partial charge in [0.05, 0.1) is 25.3 Å². The van der Waals surface area contributed by atoms with Crippen molar-refractivity contribution in [2.24, 2.45) is 0 Å². The molecule has 0 spiro atoms. The Morgan fingerprint density at radius 1 is 1.58 bits per heavy atom. The second kappa shape index (κ2) is 6.83. The van der Waals surface area contributed by atoms with Crippen LogP contribution in [-0.4, -0.2) is 32.7 Å². The van der Waals surface area contributed by atoms with E-state index in [-0.39, 0.29) is 5.97 Å². The van der Waals surface area contributed by atoms with E-state index in [1.807, 2.05) is 5.38 Å². The molecule has 0 fully saturated rings. The van der Waals surface area contributed by atoms with E-state index in [1.54, 1.807) is 6.92 Å². The van der Waals surface area contributed by atoms with Crippen molar-refractivity contribution in [3.63, 3.8) is 0 Å². The summed E-state index contributed by atoms with van der Waals surface area (Å²) in [5, 5.41) is 12.4. The molecule has 0 atom stereocenters. The van der Waals surface area contributed by atoms with Crippen molar-refractivity contribution in [2.45, 2.75) is 26.3 Å². The van der Waals surface area contributed by atoms with Crippen LogP contribution in [0.4, 0.5) is 5.13 Å². The van der Waals surface area contributed by atoms with Crippen molar-refractivity contribution in [1.29, 1.82) is 0 Å². The molecule has 0 aromatic carbocycles. The number of esters is 1. The Balaban J connectivity index is 1.77. The molecule has 0 bridgehead atoms. The first kappa shape index (κ1) is 13.5. The van der Waals surface area contributed by atoms with E-state index in [4.69, 9.17) is 4.74 Å². The van der Waals surface area contributed by atoms with Gasteiger partial charge in [-0.25, -0.2) is 9.97 Å². The van der Waals surface area contributed by atoms with Gasteiger partial charge in [-0.15, -0.1) is 11.3 Å². The molecular weight excluding hydrogens is 266 g/mol. The topological polar surface area (TPSA) is 92.8 Å². The highest BCUT2D eigenvalue weighted by Gasteiger charge is 2.06. The van der Waals surface area contributed by atoms with E-state index < -0.39 is 0 Å². The lowest BCUT2D eigenvalue weighted by Crippen LogP contribution is -2.05. The van der Waals surface area contributed by atoms with Crippen molar-refractivity contribution in [3.8, 4) is 0 Å². The maximum atomic E-state index is 11.2. The number of aryl methyl sites for hydroxylation is 1. The molecule has 102 valence electrons. The summed E-state index contributed by atoms with van der Waals surface area (Å²) in [4.78, 5) is 19.6. The maximum Gasteiger partial charge on any atom is 0.306 e. The van der Waals surface area contributed by atoms with Crippen LogP contribution in [0.25, 0.3) is 0 Å². The molecule has 0 saturated carbocycles. The Morgan fingerprint density at radius 2 is 2.47 bits per heavy atom. The first-order chi connectivity index (χ1) is 9.28. The zero-order chi connectivity index (χ0) is 13.5. The first-order valence-corrected chi connectivity index (χ1v) is 6.84. The molecule has 19 heavy (non-hydrogen) atoms. The molecule has 7 nitrogen and oxygen atoms in total. The third kappa shape index (κ3) is 4.32. The van der Waals surface area contributed by atoms with Crippen LogP contribution in [0.15, 0.2) is 11.7 Å². The van der Waals surface area contributed by atoms with Crippen LogP contribution in [0.3, 0.4) is 0 Å². The van der Waals surface area contributed by atoms with Crippen LogP contribution in [-0.2, 0) is 22.5 Å². The molecule has 0 unspecified atom stereocenters. The summed E-state index contributed by atoms with van der Waals surface area (Å²) < 4.78 is 4.87. The zero-order valence-electron chi connectivity index (χ0n) is 10.5. The summed E-state index contributed by atoms with van der Waals surface area (Å²) in [5.41, 5.74) is 0.887. The number of aromatic amines is 1. The van der Waals surface area contributed by atoms with Crippen molar-refractivity contribution in [1.82, 2.24) is 20.2 Å². The molecule has 0 saturated heterocycles. The van der Waals surface area contributed by atoms with E-state index in [0.717, 1.165) is 16.6 Å². The Bertz CT molecular complexity index is 511. The largest absolute Gasteiger partial charge is 0.466 e. The van der Waals surface area contributed by atoms with Crippen molar-refractivity contribution >= 4 is 22.4 Å². The molecule has 2 aromatic rings. The number of nitrogens with one attached hydrogen (secondary N) is 2. The predicted molar refractivity (Wildman–Crippen MR) is 70.8 cm³/mol. The van der Waals surface area contributed by atoms with Gasteiger partial charge in [0, 0.05) is 11.8 Å². The van der Waals surface area contributed by atoms with Crippen LogP contribution in [0.2, 0.25) is 0 Å². The Labute approximate surface area is 114 Å². The molecule has 0 aliphatic rings. The second-order valence-electron chi connectivity index (χ2n) is 3.73. The third-order valence-electron chi connectivity index (χ3n) is 2.31. The fourth-order valence-electron chi connectivity index (χ4n) is 1.44. The molecule has 8 heteroatoms. The van der Waals surface area contributed by atoms with Gasteiger partial charge in [-0.05, 0) is 6.92 Å². The smallest absolute Gasteiger partial charge is 0.306 e. The van der Waals surface area contributed by atoms with Gasteiger partial charge in [-0.3, -0.25) is 9.89 Å². The molecular formula is C11H15N5O2S. The number of carbonyl (C=O) groups is 1. The fraction of sp³-hybridized carbons (Fsp3) is 0.455. The van der Waals surface area contributed by atoms with Crippen molar-refractivity contribution < 1.29 is 9.53 Å². The summed E-state index contributed by atoms with van der Waals surface area (Å²) in [6.45, 7) is 2.76. The molecule has 2 aromatic heterocycles. The average Bonchev–Trinajstić information content (AvgIpc) is 3.06. The predicted octanol–water partition coefficient (Wildman–Crippen LogP) is 1.37. The van der Waals surface area contributed by atoms with Gasteiger partial charge >= 0.3 is 5.97 Å². The Morgan fingerprint density at radius 3 is 3.21 bits per heavy atom. The van der Waals surface area contributed by atoms with Crippen molar-refractivity contribution in [2.75, 3.05) is 11.9 Å². The SMILES string of the molecule is CCOC(=O)CCc1csc(NCc2ncn[nH]2)n1. The average molecular weight is 281 g/mol. The van der Waals surface area contributed by atoms with Gasteiger partial charge < -0.3 is 10.1 Å². The van der Waals surface area contributed by atoms with Gasteiger partial charge in [-0.2, -0.15) is 5.10 Å². The normalized spacial score (nSPS) is 10.4. The number of anilines is 1. The highest BCUT2D eigenvalue weighted by molar-refractivity contribution is 7.13. The summed E-state index contributed by atoms with van der Waals surface area (Å²) in [7, 11) is 0. The van der Waals surface area contributed by atoms with Crippen LogP contribution in [0.5, 0.6) is 0 Å². The van der Waals surface area contributed by atoms with Gasteiger partial charge in [0.1, 0.15) is 12.2 Å². The fourth-order valence-corrected chi connectivity index (χ4v) is 2.19. The minimum atomic E-state index is -0.188. The Kier molecular flexibility index (Phi) is 4.85. The molecule has 2 rings (SSSR count). The molecule has 0 aliphatic carbocycles. The minimum absolute atomic E-state index is 0.188. The van der Waals surface area contributed by atoms with E-state index in [2.05, 4.69) is 25.5 Å². The number of H-pyrrole nitrogens is 1. The molecule has 0 amide bonds.